The van der Waals surface area contributed by atoms with E-state index in [-0.39, 0.29) is 6.04 Å². The van der Waals surface area contributed by atoms with E-state index in [0.717, 1.165) is 31.6 Å². The van der Waals surface area contributed by atoms with Crippen LogP contribution < -0.4 is 10.6 Å². The number of rotatable bonds is 6. The predicted octanol–water partition coefficient (Wildman–Crippen LogP) is 1.77. The second-order valence-corrected chi connectivity index (χ2v) is 7.01. The summed E-state index contributed by atoms with van der Waals surface area (Å²) in [6.45, 7) is 4.63. The summed E-state index contributed by atoms with van der Waals surface area (Å²) in [6.07, 6.45) is 3.80. The van der Waals surface area contributed by atoms with Crippen molar-refractivity contribution in [2.24, 2.45) is 7.05 Å². The number of nitrogens with one attached hydrogen (secondary N) is 2. The molecule has 1 aromatic carbocycles. The van der Waals surface area contributed by atoms with Gasteiger partial charge in [-0.1, -0.05) is 31.2 Å². The third-order valence-corrected chi connectivity index (χ3v) is 5.12. The van der Waals surface area contributed by atoms with Gasteiger partial charge in [-0.2, -0.15) is 0 Å². The fraction of sp³-hybridized carbons (Fsp3) is 0.429. The van der Waals surface area contributed by atoms with Crippen LogP contribution in [-0.2, 0) is 29.6 Å². The van der Waals surface area contributed by atoms with Crippen molar-refractivity contribution in [3.8, 4) is 0 Å². The van der Waals surface area contributed by atoms with E-state index < -0.39 is 11.8 Å². The molecule has 2 amide bonds. The Labute approximate surface area is 160 Å². The summed E-state index contributed by atoms with van der Waals surface area (Å²) in [7, 11) is 2.01. The predicted molar refractivity (Wildman–Crippen MR) is 105 cm³/mol. The normalized spacial score (nSPS) is 15.0. The maximum atomic E-state index is 12.1. The van der Waals surface area contributed by atoms with Crippen molar-refractivity contribution in [1.29, 1.82) is 0 Å². The lowest BCUT2D eigenvalue weighted by Gasteiger charge is -2.36. The molecule has 0 fully saturated rings. The first kappa shape index (κ1) is 19.2. The number of nitrogens with zero attached hydrogens (tertiary/aromatic N) is 2. The van der Waals surface area contributed by atoms with Crippen LogP contribution in [0.15, 0.2) is 42.6 Å². The minimum absolute atomic E-state index is 0.0151. The van der Waals surface area contributed by atoms with Crippen LogP contribution in [0.1, 0.15) is 36.2 Å². The largest absolute Gasteiger partial charge is 0.353 e. The molecule has 6 nitrogen and oxygen atoms in total. The van der Waals surface area contributed by atoms with Crippen molar-refractivity contribution in [3.05, 3.63) is 59.4 Å². The highest BCUT2D eigenvalue weighted by Gasteiger charge is 2.27. The van der Waals surface area contributed by atoms with Gasteiger partial charge in [-0.05, 0) is 36.1 Å². The smallest absolute Gasteiger partial charge is 0.309 e. The van der Waals surface area contributed by atoms with Gasteiger partial charge in [0.15, 0.2) is 0 Å². The van der Waals surface area contributed by atoms with Gasteiger partial charge in [0.1, 0.15) is 0 Å². The van der Waals surface area contributed by atoms with Crippen LogP contribution in [0.2, 0.25) is 0 Å². The van der Waals surface area contributed by atoms with Crippen LogP contribution >= 0.6 is 0 Å². The number of carbonyl (C=O) groups excluding carboxylic acids is 2. The zero-order valence-electron chi connectivity index (χ0n) is 16.1. The molecule has 144 valence electrons. The van der Waals surface area contributed by atoms with Crippen molar-refractivity contribution in [2.45, 2.75) is 32.4 Å². The van der Waals surface area contributed by atoms with E-state index in [9.17, 15) is 9.59 Å². The van der Waals surface area contributed by atoms with Crippen LogP contribution in [0.3, 0.4) is 0 Å². The van der Waals surface area contributed by atoms with Crippen molar-refractivity contribution in [2.75, 3.05) is 19.6 Å². The fourth-order valence-corrected chi connectivity index (χ4v) is 3.61. The van der Waals surface area contributed by atoms with Crippen molar-refractivity contribution < 1.29 is 9.59 Å². The molecule has 1 atom stereocenters. The first-order valence-electron chi connectivity index (χ1n) is 9.58. The minimum Gasteiger partial charge on any atom is -0.353 e. The van der Waals surface area contributed by atoms with Gasteiger partial charge in [0.2, 0.25) is 0 Å². The summed E-state index contributed by atoms with van der Waals surface area (Å²) in [4.78, 5) is 26.4. The molecule has 0 bridgehead atoms. The van der Waals surface area contributed by atoms with Gasteiger partial charge in [-0.3, -0.25) is 14.5 Å². The summed E-state index contributed by atoms with van der Waals surface area (Å²) in [5, 5.41) is 5.45. The van der Waals surface area contributed by atoms with E-state index >= 15 is 0 Å². The van der Waals surface area contributed by atoms with Crippen LogP contribution in [0, 0.1) is 0 Å². The third kappa shape index (κ3) is 4.57. The molecule has 2 N–H and O–H groups in total. The van der Waals surface area contributed by atoms with Crippen LogP contribution in [0.25, 0.3) is 0 Å². The van der Waals surface area contributed by atoms with Gasteiger partial charge in [-0.15, -0.1) is 0 Å². The number of hydrogen-bond donors (Lipinski definition) is 2. The summed E-state index contributed by atoms with van der Waals surface area (Å²) < 4.78 is 2.08. The molecule has 0 spiro atoms. The molecule has 0 saturated heterocycles. The molecule has 3 rings (SSSR count). The minimum atomic E-state index is -0.569. The maximum Gasteiger partial charge on any atom is 0.309 e. The lowest BCUT2D eigenvalue weighted by Crippen LogP contribution is -2.45. The lowest BCUT2D eigenvalue weighted by atomic mass is 9.98. The monoisotopic (exact) mass is 368 g/mol. The Morgan fingerprint density at radius 2 is 1.81 bits per heavy atom. The second-order valence-electron chi connectivity index (χ2n) is 7.01. The Kier molecular flexibility index (Phi) is 6.29. The Hall–Kier alpha value is -2.60. The highest BCUT2D eigenvalue weighted by molar-refractivity contribution is 6.35. The van der Waals surface area contributed by atoms with Gasteiger partial charge in [-0.25, -0.2) is 0 Å². The number of aromatic nitrogens is 1. The summed E-state index contributed by atoms with van der Waals surface area (Å²) in [5.41, 5.74) is 3.85. The van der Waals surface area contributed by atoms with Gasteiger partial charge in [0.05, 0.1) is 6.04 Å². The number of hydrogen-bond acceptors (Lipinski definition) is 3. The molecule has 1 unspecified atom stereocenters. The van der Waals surface area contributed by atoms with Crippen LogP contribution in [0.5, 0.6) is 0 Å². The first-order valence-corrected chi connectivity index (χ1v) is 9.58. The van der Waals surface area contributed by atoms with E-state index in [2.05, 4.69) is 50.4 Å². The van der Waals surface area contributed by atoms with E-state index in [4.69, 9.17) is 0 Å². The number of fused-ring (bicyclic) bond motifs is 1. The SMILES string of the molecule is CCCNC(=O)C(=O)NCC(c1cccn1C)N1CCc2ccccc2C1. The highest BCUT2D eigenvalue weighted by Crippen LogP contribution is 2.27. The zero-order chi connectivity index (χ0) is 19.2. The molecule has 0 aliphatic carbocycles. The average molecular weight is 368 g/mol. The Morgan fingerprint density at radius 3 is 2.52 bits per heavy atom. The van der Waals surface area contributed by atoms with Gasteiger partial charge in [0, 0.05) is 45.1 Å². The Bertz CT molecular complexity index is 799. The van der Waals surface area contributed by atoms with Crippen LogP contribution in [0.4, 0.5) is 0 Å². The van der Waals surface area contributed by atoms with E-state index in [1.165, 1.54) is 11.1 Å². The average Bonchev–Trinajstić information content (AvgIpc) is 3.11. The third-order valence-electron chi connectivity index (χ3n) is 5.12. The number of amides is 2. The molecular weight excluding hydrogens is 340 g/mol. The van der Waals surface area contributed by atoms with Crippen molar-refractivity contribution in [1.82, 2.24) is 20.1 Å². The molecule has 0 radical (unpaired) electrons. The standard InChI is InChI=1S/C21H28N4O2/c1-3-11-22-20(26)21(27)23-14-19(18-9-6-12-24(18)2)25-13-10-16-7-4-5-8-17(16)15-25/h4-9,12,19H,3,10-11,13-15H2,1-2H3,(H,22,26)(H,23,27). The molecule has 2 heterocycles. The van der Waals surface area contributed by atoms with Crippen molar-refractivity contribution >= 4 is 11.8 Å². The fourth-order valence-electron chi connectivity index (χ4n) is 3.61. The highest BCUT2D eigenvalue weighted by atomic mass is 16.2. The van der Waals surface area contributed by atoms with E-state index in [0.29, 0.717) is 13.1 Å². The lowest BCUT2D eigenvalue weighted by molar-refractivity contribution is -0.139. The summed E-state index contributed by atoms with van der Waals surface area (Å²) in [6, 6.07) is 12.6. The molecule has 2 aromatic rings. The molecular formula is C21H28N4O2. The first-order chi connectivity index (χ1) is 13.1. The Morgan fingerprint density at radius 1 is 1.07 bits per heavy atom. The maximum absolute atomic E-state index is 12.1. The summed E-state index contributed by atoms with van der Waals surface area (Å²) >= 11 is 0. The van der Waals surface area contributed by atoms with Gasteiger partial charge >= 0.3 is 11.8 Å². The number of aryl methyl sites for hydroxylation is 1. The van der Waals surface area contributed by atoms with Crippen LogP contribution in [-0.4, -0.2) is 40.9 Å². The molecule has 0 saturated carbocycles. The molecule has 1 aromatic heterocycles. The van der Waals surface area contributed by atoms with Crippen molar-refractivity contribution in [3.63, 3.8) is 0 Å². The number of carbonyl (C=O) groups is 2. The van der Waals surface area contributed by atoms with Gasteiger partial charge in [0.25, 0.3) is 0 Å². The topological polar surface area (TPSA) is 66.4 Å². The zero-order valence-corrected chi connectivity index (χ0v) is 16.1. The van der Waals surface area contributed by atoms with Gasteiger partial charge < -0.3 is 15.2 Å². The summed E-state index contributed by atoms with van der Waals surface area (Å²) in [5.74, 6) is -1.13. The molecule has 1 aliphatic rings. The molecule has 1 aliphatic heterocycles. The molecule has 6 heteroatoms. The van der Waals surface area contributed by atoms with E-state index in [1.807, 2.05) is 26.2 Å². The second kappa shape index (κ2) is 8.86. The quantitative estimate of drug-likeness (QED) is 0.764. The van der Waals surface area contributed by atoms with E-state index in [1.54, 1.807) is 0 Å². The molecule has 27 heavy (non-hydrogen) atoms. The number of benzene rings is 1. The Balaban J connectivity index is 1.72.